The summed E-state index contributed by atoms with van der Waals surface area (Å²) in [6.07, 6.45) is 2.75. The van der Waals surface area contributed by atoms with Gasteiger partial charge in [-0.05, 0) is 32.6 Å². The number of piperidine rings is 2. The van der Waals surface area contributed by atoms with Gasteiger partial charge in [-0.1, -0.05) is 0 Å². The van der Waals surface area contributed by atoms with Crippen LogP contribution in [0.15, 0.2) is 0 Å². The molecule has 2 amide bonds. The number of methoxy groups -OCH3 is 1. The van der Waals surface area contributed by atoms with E-state index in [1.165, 1.54) is 7.11 Å². The summed E-state index contributed by atoms with van der Waals surface area (Å²) >= 11 is 0. The highest BCUT2D eigenvalue weighted by molar-refractivity contribution is 5.81. The first-order valence-corrected chi connectivity index (χ1v) is 8.35. The third kappa shape index (κ3) is 4.36. The molecule has 2 aliphatic rings. The summed E-state index contributed by atoms with van der Waals surface area (Å²) in [5, 5.41) is 0. The van der Waals surface area contributed by atoms with Crippen LogP contribution in [-0.2, 0) is 19.1 Å². The lowest BCUT2D eigenvalue weighted by Gasteiger charge is -2.37. The molecule has 2 atom stereocenters. The van der Waals surface area contributed by atoms with E-state index >= 15 is 0 Å². The fourth-order valence-electron chi connectivity index (χ4n) is 3.36. The molecule has 0 aromatic carbocycles. The van der Waals surface area contributed by atoms with Crippen molar-refractivity contribution in [2.24, 2.45) is 11.8 Å². The highest BCUT2D eigenvalue weighted by atomic mass is 16.5. The van der Waals surface area contributed by atoms with Crippen molar-refractivity contribution in [2.45, 2.75) is 32.6 Å². The molecule has 130 valence electrons. The standard InChI is InChI=1S/C16H26N2O5/c1-3-23-15(20)13-7-5-8-17(11-13)14(19)12-6-4-9-18(10-12)16(21)22-2/h12-13H,3-11H2,1-2H3. The fraction of sp³-hybridized carbons (Fsp3) is 0.812. The number of carbonyl (C=O) groups excluding carboxylic acids is 3. The van der Waals surface area contributed by atoms with Gasteiger partial charge in [0.2, 0.25) is 5.91 Å². The number of hydrogen-bond donors (Lipinski definition) is 0. The Labute approximate surface area is 136 Å². The van der Waals surface area contributed by atoms with Crippen molar-refractivity contribution in [3.63, 3.8) is 0 Å². The first-order valence-electron chi connectivity index (χ1n) is 8.35. The zero-order chi connectivity index (χ0) is 16.8. The number of carbonyl (C=O) groups is 3. The summed E-state index contributed by atoms with van der Waals surface area (Å²) in [6, 6.07) is 0. The normalized spacial score (nSPS) is 25.0. The molecule has 2 aliphatic heterocycles. The third-order valence-electron chi connectivity index (χ3n) is 4.56. The number of amides is 2. The van der Waals surface area contributed by atoms with Gasteiger partial charge in [-0.2, -0.15) is 0 Å². The molecule has 2 saturated heterocycles. The molecule has 0 aromatic heterocycles. The van der Waals surface area contributed by atoms with Crippen LogP contribution in [0.2, 0.25) is 0 Å². The van der Waals surface area contributed by atoms with Crippen molar-refractivity contribution in [1.82, 2.24) is 9.80 Å². The molecule has 23 heavy (non-hydrogen) atoms. The van der Waals surface area contributed by atoms with Crippen molar-refractivity contribution in [2.75, 3.05) is 39.9 Å². The van der Waals surface area contributed by atoms with Crippen LogP contribution < -0.4 is 0 Å². The summed E-state index contributed by atoms with van der Waals surface area (Å²) in [5.41, 5.74) is 0. The lowest BCUT2D eigenvalue weighted by molar-refractivity contribution is -0.152. The number of nitrogens with zero attached hydrogens (tertiary/aromatic N) is 2. The van der Waals surface area contributed by atoms with Crippen LogP contribution in [-0.4, -0.2) is 67.7 Å². The molecule has 0 radical (unpaired) electrons. The fourth-order valence-corrected chi connectivity index (χ4v) is 3.36. The predicted molar refractivity (Wildman–Crippen MR) is 82.6 cm³/mol. The van der Waals surface area contributed by atoms with Crippen LogP contribution in [0.4, 0.5) is 4.79 Å². The van der Waals surface area contributed by atoms with Gasteiger partial charge in [0.05, 0.1) is 25.6 Å². The monoisotopic (exact) mass is 326 g/mol. The quantitative estimate of drug-likeness (QED) is 0.730. The lowest BCUT2D eigenvalue weighted by atomic mass is 9.93. The Morgan fingerprint density at radius 1 is 1.00 bits per heavy atom. The van der Waals surface area contributed by atoms with Crippen molar-refractivity contribution >= 4 is 18.0 Å². The average Bonchev–Trinajstić information content (AvgIpc) is 2.60. The second kappa shape index (κ2) is 8.17. The molecule has 0 aliphatic carbocycles. The van der Waals surface area contributed by atoms with E-state index in [1.54, 1.807) is 16.7 Å². The van der Waals surface area contributed by atoms with Crippen LogP contribution in [0.25, 0.3) is 0 Å². The highest BCUT2D eigenvalue weighted by Gasteiger charge is 2.35. The van der Waals surface area contributed by atoms with Crippen LogP contribution in [0.1, 0.15) is 32.6 Å². The van der Waals surface area contributed by atoms with Gasteiger partial charge in [0.1, 0.15) is 0 Å². The van der Waals surface area contributed by atoms with Gasteiger partial charge in [0.25, 0.3) is 0 Å². The van der Waals surface area contributed by atoms with E-state index in [0.717, 1.165) is 25.7 Å². The Kier molecular flexibility index (Phi) is 6.24. The van der Waals surface area contributed by atoms with Gasteiger partial charge in [-0.25, -0.2) is 4.79 Å². The molecule has 0 bridgehead atoms. The average molecular weight is 326 g/mol. The molecule has 2 unspecified atom stereocenters. The molecule has 2 fully saturated rings. The Hall–Kier alpha value is -1.79. The Morgan fingerprint density at radius 3 is 2.26 bits per heavy atom. The maximum atomic E-state index is 12.7. The van der Waals surface area contributed by atoms with Gasteiger partial charge >= 0.3 is 12.1 Å². The molecule has 0 saturated carbocycles. The van der Waals surface area contributed by atoms with Crippen LogP contribution in [0.3, 0.4) is 0 Å². The number of hydrogen-bond acceptors (Lipinski definition) is 5. The van der Waals surface area contributed by atoms with Gasteiger partial charge < -0.3 is 19.3 Å². The summed E-state index contributed by atoms with van der Waals surface area (Å²) in [4.78, 5) is 39.6. The summed E-state index contributed by atoms with van der Waals surface area (Å²) < 4.78 is 9.81. The second-order valence-corrected chi connectivity index (χ2v) is 6.13. The minimum Gasteiger partial charge on any atom is -0.466 e. The minimum atomic E-state index is -0.384. The van der Waals surface area contributed by atoms with Crippen LogP contribution in [0, 0.1) is 11.8 Å². The van der Waals surface area contributed by atoms with Crippen LogP contribution in [0.5, 0.6) is 0 Å². The topological polar surface area (TPSA) is 76.2 Å². The predicted octanol–water partition coefficient (Wildman–Crippen LogP) is 1.27. The molecule has 2 heterocycles. The Bertz CT molecular complexity index is 454. The minimum absolute atomic E-state index is 0.0348. The van der Waals surface area contributed by atoms with E-state index in [2.05, 4.69) is 0 Å². The van der Waals surface area contributed by atoms with E-state index in [4.69, 9.17) is 9.47 Å². The maximum Gasteiger partial charge on any atom is 0.409 e. The number of esters is 1. The van der Waals surface area contributed by atoms with Gasteiger partial charge in [0.15, 0.2) is 0 Å². The van der Waals surface area contributed by atoms with E-state index in [1.807, 2.05) is 0 Å². The molecule has 7 heteroatoms. The highest BCUT2D eigenvalue weighted by Crippen LogP contribution is 2.24. The molecule has 0 N–H and O–H groups in total. The number of likely N-dealkylation sites (tertiary alicyclic amines) is 2. The number of rotatable bonds is 3. The first-order chi connectivity index (χ1) is 11.1. The van der Waals surface area contributed by atoms with E-state index in [0.29, 0.717) is 32.8 Å². The SMILES string of the molecule is CCOC(=O)C1CCCN(C(=O)C2CCCN(C(=O)OC)C2)C1. The summed E-state index contributed by atoms with van der Waals surface area (Å²) in [5.74, 6) is -0.617. The lowest BCUT2D eigenvalue weighted by Crippen LogP contribution is -2.50. The molecule has 0 spiro atoms. The van der Waals surface area contributed by atoms with Crippen molar-refractivity contribution < 1.29 is 23.9 Å². The molecular weight excluding hydrogens is 300 g/mol. The van der Waals surface area contributed by atoms with Crippen molar-refractivity contribution in [3.8, 4) is 0 Å². The number of ether oxygens (including phenoxy) is 2. The van der Waals surface area contributed by atoms with Crippen molar-refractivity contribution in [1.29, 1.82) is 0 Å². The molecule has 2 rings (SSSR count). The van der Waals surface area contributed by atoms with Gasteiger partial charge in [-0.3, -0.25) is 9.59 Å². The molecular formula is C16H26N2O5. The van der Waals surface area contributed by atoms with Crippen LogP contribution >= 0.6 is 0 Å². The Balaban J connectivity index is 1.93. The van der Waals surface area contributed by atoms with E-state index in [9.17, 15) is 14.4 Å². The van der Waals surface area contributed by atoms with Gasteiger partial charge in [-0.15, -0.1) is 0 Å². The zero-order valence-electron chi connectivity index (χ0n) is 14.0. The smallest absolute Gasteiger partial charge is 0.409 e. The molecule has 7 nitrogen and oxygen atoms in total. The summed E-state index contributed by atoms with van der Waals surface area (Å²) in [7, 11) is 1.35. The van der Waals surface area contributed by atoms with E-state index < -0.39 is 0 Å². The Morgan fingerprint density at radius 2 is 1.61 bits per heavy atom. The largest absolute Gasteiger partial charge is 0.466 e. The molecule has 0 aromatic rings. The van der Waals surface area contributed by atoms with E-state index in [-0.39, 0.29) is 29.8 Å². The van der Waals surface area contributed by atoms with Gasteiger partial charge in [0, 0.05) is 26.2 Å². The second-order valence-electron chi connectivity index (χ2n) is 6.13. The zero-order valence-corrected chi connectivity index (χ0v) is 14.0. The van der Waals surface area contributed by atoms with Crippen molar-refractivity contribution in [3.05, 3.63) is 0 Å². The third-order valence-corrected chi connectivity index (χ3v) is 4.56. The summed E-state index contributed by atoms with van der Waals surface area (Å²) in [6.45, 7) is 4.26. The first kappa shape index (κ1) is 17.6. The maximum absolute atomic E-state index is 12.7.